The number of halogens is 1. The van der Waals surface area contributed by atoms with Gasteiger partial charge in [0.2, 0.25) is 5.90 Å². The van der Waals surface area contributed by atoms with Crippen molar-refractivity contribution < 1.29 is 4.74 Å². The van der Waals surface area contributed by atoms with Crippen molar-refractivity contribution in [2.24, 2.45) is 4.99 Å². The topological polar surface area (TPSA) is 34.5 Å². The smallest absolute Gasteiger partial charge is 0.218 e. The van der Waals surface area contributed by atoms with Gasteiger partial charge in [0, 0.05) is 6.20 Å². The Bertz CT molecular complexity index is 446. The number of aliphatic imine (C=N–C) groups is 1. The van der Waals surface area contributed by atoms with Crippen molar-refractivity contribution in [3.63, 3.8) is 0 Å². The highest BCUT2D eigenvalue weighted by Crippen LogP contribution is 2.26. The fraction of sp³-hybridized carbons (Fsp3) is 0.455. The molecule has 1 aliphatic heterocycles. The zero-order chi connectivity index (χ0) is 11.8. The lowest BCUT2D eigenvalue weighted by atomic mass is 10.1. The van der Waals surface area contributed by atoms with Crippen molar-refractivity contribution in [1.82, 2.24) is 4.98 Å². The maximum absolute atomic E-state index is 6.09. The Morgan fingerprint density at radius 2 is 2.25 bits per heavy atom. The number of rotatable bonds is 2. The van der Waals surface area contributed by atoms with Crippen LogP contribution in [-0.4, -0.2) is 29.3 Å². The molecule has 0 amide bonds. The Balaban J connectivity index is 2.26. The minimum absolute atomic E-state index is 0.222. The number of pyridine rings is 1. The Kier molecular flexibility index (Phi) is 3.13. The van der Waals surface area contributed by atoms with Gasteiger partial charge < -0.3 is 4.74 Å². The van der Waals surface area contributed by atoms with Gasteiger partial charge in [0.15, 0.2) is 0 Å². The van der Waals surface area contributed by atoms with Gasteiger partial charge in [-0.1, -0.05) is 11.6 Å². The number of hydrogen-bond donors (Lipinski definition) is 0. The van der Waals surface area contributed by atoms with Crippen molar-refractivity contribution in [1.29, 1.82) is 0 Å². The largest absolute Gasteiger partial charge is 0.469 e. The van der Waals surface area contributed by atoms with E-state index in [0.29, 0.717) is 17.5 Å². The molecule has 86 valence electrons. The van der Waals surface area contributed by atoms with E-state index in [2.05, 4.69) is 9.98 Å². The Hall–Kier alpha value is -0.740. The van der Waals surface area contributed by atoms with Gasteiger partial charge in [-0.25, -0.2) is 9.98 Å². The lowest BCUT2D eigenvalue weighted by molar-refractivity contribution is 0.131. The average molecular weight is 257 g/mol. The minimum Gasteiger partial charge on any atom is -0.469 e. The van der Waals surface area contributed by atoms with E-state index in [0.717, 1.165) is 10.6 Å². The third kappa shape index (κ3) is 2.33. The highest BCUT2D eigenvalue weighted by atomic mass is 35.5. The minimum atomic E-state index is -0.222. The summed E-state index contributed by atoms with van der Waals surface area (Å²) in [4.78, 5) is 8.60. The summed E-state index contributed by atoms with van der Waals surface area (Å²) in [7, 11) is 0. The molecule has 1 aromatic rings. The third-order valence-corrected chi connectivity index (χ3v) is 3.34. The Morgan fingerprint density at radius 1 is 1.50 bits per heavy atom. The summed E-state index contributed by atoms with van der Waals surface area (Å²) in [5.74, 6) is 0.632. The first-order valence-electron chi connectivity index (χ1n) is 4.95. The van der Waals surface area contributed by atoms with Crippen LogP contribution in [0.3, 0.4) is 0 Å². The highest BCUT2D eigenvalue weighted by Gasteiger charge is 2.28. The van der Waals surface area contributed by atoms with Crippen LogP contribution in [0.25, 0.3) is 0 Å². The molecule has 0 spiro atoms. The molecule has 0 aromatic carbocycles. The lowest BCUT2D eigenvalue weighted by Gasteiger charge is -2.17. The van der Waals surface area contributed by atoms with Crippen molar-refractivity contribution in [2.75, 3.05) is 12.8 Å². The molecule has 0 atom stereocenters. The number of nitrogens with zero attached hydrogens (tertiary/aromatic N) is 2. The SMILES string of the molecule is CSc1ncc(C2=NCC(C)(C)O2)cc1Cl. The van der Waals surface area contributed by atoms with Gasteiger partial charge >= 0.3 is 0 Å². The molecule has 1 aromatic heterocycles. The molecule has 0 aliphatic carbocycles. The van der Waals surface area contributed by atoms with Gasteiger partial charge in [0.25, 0.3) is 0 Å². The maximum Gasteiger partial charge on any atom is 0.218 e. The van der Waals surface area contributed by atoms with Crippen LogP contribution in [0.4, 0.5) is 0 Å². The van der Waals surface area contributed by atoms with Crippen LogP contribution >= 0.6 is 23.4 Å². The summed E-state index contributed by atoms with van der Waals surface area (Å²) in [6, 6.07) is 1.85. The molecule has 1 aliphatic rings. The molecule has 2 rings (SSSR count). The van der Waals surface area contributed by atoms with Gasteiger partial charge in [-0.05, 0) is 26.2 Å². The summed E-state index contributed by atoms with van der Waals surface area (Å²) in [5, 5.41) is 1.46. The molecular weight excluding hydrogens is 244 g/mol. The van der Waals surface area contributed by atoms with Gasteiger partial charge in [-0.2, -0.15) is 0 Å². The van der Waals surface area contributed by atoms with Crippen molar-refractivity contribution in [3.05, 3.63) is 22.8 Å². The molecule has 0 N–H and O–H groups in total. The molecule has 0 radical (unpaired) electrons. The second kappa shape index (κ2) is 4.26. The second-order valence-electron chi connectivity index (χ2n) is 4.20. The van der Waals surface area contributed by atoms with E-state index in [1.165, 1.54) is 11.8 Å². The molecule has 0 saturated carbocycles. The first-order chi connectivity index (χ1) is 7.52. The van der Waals surface area contributed by atoms with Crippen LogP contribution in [0.2, 0.25) is 5.02 Å². The predicted octanol–water partition coefficient (Wildman–Crippen LogP) is 3.01. The second-order valence-corrected chi connectivity index (χ2v) is 5.40. The van der Waals surface area contributed by atoms with Crippen LogP contribution < -0.4 is 0 Å². The average Bonchev–Trinajstić information content (AvgIpc) is 2.59. The fourth-order valence-electron chi connectivity index (χ4n) is 1.43. The van der Waals surface area contributed by atoms with E-state index in [-0.39, 0.29) is 5.60 Å². The van der Waals surface area contributed by atoms with Crippen molar-refractivity contribution in [3.8, 4) is 0 Å². The number of aromatic nitrogens is 1. The molecule has 5 heteroatoms. The van der Waals surface area contributed by atoms with Crippen molar-refractivity contribution in [2.45, 2.75) is 24.5 Å². The summed E-state index contributed by atoms with van der Waals surface area (Å²) in [6.45, 7) is 4.69. The fourth-order valence-corrected chi connectivity index (χ4v) is 2.24. The van der Waals surface area contributed by atoms with Crippen LogP contribution in [0.1, 0.15) is 19.4 Å². The van der Waals surface area contributed by atoms with E-state index < -0.39 is 0 Å². The third-order valence-electron chi connectivity index (χ3n) is 2.22. The maximum atomic E-state index is 6.09. The quantitative estimate of drug-likeness (QED) is 0.763. The van der Waals surface area contributed by atoms with Gasteiger partial charge in [-0.3, -0.25) is 0 Å². The van der Waals surface area contributed by atoms with Crippen LogP contribution in [-0.2, 0) is 4.74 Å². The van der Waals surface area contributed by atoms with E-state index in [4.69, 9.17) is 16.3 Å². The number of hydrogen-bond acceptors (Lipinski definition) is 4. The standard InChI is InChI=1S/C11H13ClN2OS/c1-11(2)6-14-9(15-11)7-4-8(12)10(16-3)13-5-7/h4-5H,6H2,1-3H3. The zero-order valence-electron chi connectivity index (χ0n) is 9.45. The molecule has 3 nitrogen and oxygen atoms in total. The van der Waals surface area contributed by atoms with Crippen LogP contribution in [0, 0.1) is 0 Å². The molecule has 0 fully saturated rings. The highest BCUT2D eigenvalue weighted by molar-refractivity contribution is 7.98. The van der Waals surface area contributed by atoms with Gasteiger partial charge in [0.1, 0.15) is 10.6 Å². The summed E-state index contributed by atoms with van der Waals surface area (Å²) in [6.07, 6.45) is 3.69. The summed E-state index contributed by atoms with van der Waals surface area (Å²) >= 11 is 7.61. The molecule has 2 heterocycles. The van der Waals surface area contributed by atoms with Gasteiger partial charge in [-0.15, -0.1) is 11.8 Å². The van der Waals surface area contributed by atoms with E-state index in [1.54, 1.807) is 6.20 Å². The molecule has 0 saturated heterocycles. The first kappa shape index (κ1) is 11.7. The van der Waals surface area contributed by atoms with E-state index in [1.807, 2.05) is 26.2 Å². The van der Waals surface area contributed by atoms with E-state index in [9.17, 15) is 0 Å². The Morgan fingerprint density at radius 3 is 2.75 bits per heavy atom. The monoisotopic (exact) mass is 256 g/mol. The van der Waals surface area contributed by atoms with Crippen LogP contribution in [0.15, 0.2) is 22.3 Å². The normalized spacial score (nSPS) is 18.1. The number of ether oxygens (including phenoxy) is 1. The van der Waals surface area contributed by atoms with Crippen LogP contribution in [0.5, 0.6) is 0 Å². The Labute approximate surface area is 104 Å². The lowest BCUT2D eigenvalue weighted by Crippen LogP contribution is -2.24. The zero-order valence-corrected chi connectivity index (χ0v) is 11.0. The molecule has 0 bridgehead atoms. The summed E-state index contributed by atoms with van der Waals surface area (Å²) in [5.41, 5.74) is 0.619. The molecule has 0 unspecified atom stereocenters. The summed E-state index contributed by atoms with van der Waals surface area (Å²) < 4.78 is 5.71. The first-order valence-corrected chi connectivity index (χ1v) is 6.55. The van der Waals surface area contributed by atoms with Gasteiger partial charge in [0.05, 0.1) is 17.1 Å². The van der Waals surface area contributed by atoms with Crippen molar-refractivity contribution >= 4 is 29.3 Å². The molecular formula is C11H13ClN2OS. The predicted molar refractivity (Wildman–Crippen MR) is 67.6 cm³/mol. The van der Waals surface area contributed by atoms with E-state index >= 15 is 0 Å². The molecule has 16 heavy (non-hydrogen) atoms. The number of thioether (sulfide) groups is 1.